The van der Waals surface area contributed by atoms with Crippen molar-refractivity contribution in [2.24, 2.45) is 0 Å². The lowest BCUT2D eigenvalue weighted by Crippen LogP contribution is -2.08. The second-order valence-corrected chi connectivity index (χ2v) is 6.70. The van der Waals surface area contributed by atoms with Crippen molar-refractivity contribution in [3.05, 3.63) is 53.9 Å². The molecule has 0 fully saturated rings. The Hall–Kier alpha value is -1.92. The standard InChI is InChI=1S/C15H18N2O3S/c1-16-10-12-5-3-6-13(17-12)11-20-14-7-4-8-15(9-14)21(2,18)19/h3-9,16H,10-11H2,1-2H3. The summed E-state index contributed by atoms with van der Waals surface area (Å²) in [5.41, 5.74) is 1.73. The van der Waals surface area contributed by atoms with E-state index >= 15 is 0 Å². The Balaban J connectivity index is 2.08. The molecule has 1 aromatic heterocycles. The zero-order valence-corrected chi connectivity index (χ0v) is 12.9. The summed E-state index contributed by atoms with van der Waals surface area (Å²) in [6.45, 7) is 0.988. The van der Waals surface area contributed by atoms with Gasteiger partial charge in [0.25, 0.3) is 0 Å². The van der Waals surface area contributed by atoms with Gasteiger partial charge in [0, 0.05) is 12.8 Å². The highest BCUT2D eigenvalue weighted by Crippen LogP contribution is 2.18. The van der Waals surface area contributed by atoms with Gasteiger partial charge < -0.3 is 10.1 Å². The Morgan fingerprint density at radius 2 is 1.86 bits per heavy atom. The van der Waals surface area contributed by atoms with Gasteiger partial charge in [-0.2, -0.15) is 0 Å². The van der Waals surface area contributed by atoms with E-state index in [1.165, 1.54) is 12.3 Å². The molecule has 0 amide bonds. The molecule has 112 valence electrons. The first-order valence-corrected chi connectivity index (χ1v) is 8.40. The van der Waals surface area contributed by atoms with Crippen LogP contribution in [0, 0.1) is 0 Å². The van der Waals surface area contributed by atoms with Gasteiger partial charge in [-0.15, -0.1) is 0 Å². The van der Waals surface area contributed by atoms with E-state index in [1.54, 1.807) is 18.2 Å². The second-order valence-electron chi connectivity index (χ2n) is 4.69. The normalized spacial score (nSPS) is 11.3. The predicted octanol–water partition coefficient (Wildman–Crippen LogP) is 1.78. The molecule has 1 heterocycles. The molecule has 0 bridgehead atoms. The van der Waals surface area contributed by atoms with Crippen molar-refractivity contribution in [2.45, 2.75) is 18.0 Å². The van der Waals surface area contributed by atoms with Crippen molar-refractivity contribution >= 4 is 9.84 Å². The van der Waals surface area contributed by atoms with E-state index in [2.05, 4.69) is 10.3 Å². The molecule has 2 rings (SSSR count). The molecule has 5 nitrogen and oxygen atoms in total. The van der Waals surface area contributed by atoms with Crippen LogP contribution >= 0.6 is 0 Å². The smallest absolute Gasteiger partial charge is 0.175 e. The number of nitrogens with one attached hydrogen (secondary N) is 1. The van der Waals surface area contributed by atoms with Gasteiger partial charge in [-0.05, 0) is 37.4 Å². The molecule has 0 radical (unpaired) electrons. The molecule has 6 heteroatoms. The van der Waals surface area contributed by atoms with Crippen LogP contribution in [-0.4, -0.2) is 26.7 Å². The Labute approximate surface area is 124 Å². The quantitative estimate of drug-likeness (QED) is 0.881. The number of ether oxygens (including phenoxy) is 1. The molecule has 0 saturated carbocycles. The fourth-order valence-electron chi connectivity index (χ4n) is 1.84. The van der Waals surface area contributed by atoms with Gasteiger partial charge in [0.05, 0.1) is 16.3 Å². The first-order chi connectivity index (χ1) is 9.99. The van der Waals surface area contributed by atoms with Crippen molar-refractivity contribution in [2.75, 3.05) is 13.3 Å². The number of sulfone groups is 1. The highest BCUT2D eigenvalue weighted by molar-refractivity contribution is 7.90. The number of pyridine rings is 1. The number of rotatable bonds is 6. The Morgan fingerprint density at radius 1 is 1.14 bits per heavy atom. The summed E-state index contributed by atoms with van der Waals surface area (Å²) in [5, 5.41) is 3.04. The van der Waals surface area contributed by atoms with Crippen molar-refractivity contribution in [3.8, 4) is 5.75 Å². The number of aromatic nitrogens is 1. The van der Waals surface area contributed by atoms with E-state index in [1.807, 2.05) is 25.2 Å². The maximum Gasteiger partial charge on any atom is 0.175 e. The van der Waals surface area contributed by atoms with Crippen LogP contribution in [0.25, 0.3) is 0 Å². The molecule has 1 N–H and O–H groups in total. The van der Waals surface area contributed by atoms with Gasteiger partial charge in [0.15, 0.2) is 9.84 Å². The minimum absolute atomic E-state index is 0.247. The zero-order chi connectivity index (χ0) is 15.3. The van der Waals surface area contributed by atoms with Gasteiger partial charge in [-0.1, -0.05) is 12.1 Å². The summed E-state index contributed by atoms with van der Waals surface area (Å²) in [5.74, 6) is 0.513. The van der Waals surface area contributed by atoms with Crippen LogP contribution in [0.15, 0.2) is 47.4 Å². The monoisotopic (exact) mass is 306 g/mol. The van der Waals surface area contributed by atoms with E-state index in [0.717, 1.165) is 11.4 Å². The van der Waals surface area contributed by atoms with Gasteiger partial charge in [0.2, 0.25) is 0 Å². The molecule has 0 atom stereocenters. The van der Waals surface area contributed by atoms with E-state index in [0.29, 0.717) is 18.9 Å². The van der Waals surface area contributed by atoms with Crippen molar-refractivity contribution in [1.29, 1.82) is 0 Å². The summed E-state index contributed by atoms with van der Waals surface area (Å²) < 4.78 is 28.6. The topological polar surface area (TPSA) is 68.3 Å². The van der Waals surface area contributed by atoms with Crippen LogP contribution in [0.1, 0.15) is 11.4 Å². The molecule has 0 aliphatic carbocycles. The summed E-state index contributed by atoms with van der Waals surface area (Å²) in [6, 6.07) is 12.2. The van der Waals surface area contributed by atoms with Crippen molar-refractivity contribution < 1.29 is 13.2 Å². The molecule has 1 aromatic carbocycles. The summed E-state index contributed by atoms with van der Waals surface area (Å²) in [4.78, 5) is 4.69. The summed E-state index contributed by atoms with van der Waals surface area (Å²) in [7, 11) is -1.36. The first kappa shape index (κ1) is 15.5. The average molecular weight is 306 g/mol. The lowest BCUT2D eigenvalue weighted by Gasteiger charge is -2.08. The van der Waals surface area contributed by atoms with Crippen molar-refractivity contribution in [3.63, 3.8) is 0 Å². The van der Waals surface area contributed by atoms with E-state index < -0.39 is 9.84 Å². The van der Waals surface area contributed by atoms with Gasteiger partial charge >= 0.3 is 0 Å². The lowest BCUT2D eigenvalue weighted by atomic mass is 10.3. The highest BCUT2D eigenvalue weighted by atomic mass is 32.2. The van der Waals surface area contributed by atoms with E-state index in [9.17, 15) is 8.42 Å². The minimum Gasteiger partial charge on any atom is -0.487 e. The van der Waals surface area contributed by atoms with Crippen LogP contribution in [-0.2, 0) is 23.0 Å². The fourth-order valence-corrected chi connectivity index (χ4v) is 2.50. The molecule has 2 aromatic rings. The van der Waals surface area contributed by atoms with Crippen molar-refractivity contribution in [1.82, 2.24) is 10.3 Å². The third-order valence-corrected chi connectivity index (χ3v) is 3.95. The number of hydrogen-bond acceptors (Lipinski definition) is 5. The third kappa shape index (κ3) is 4.54. The number of benzene rings is 1. The Bertz CT molecular complexity index is 714. The third-order valence-electron chi connectivity index (χ3n) is 2.84. The molecule has 21 heavy (non-hydrogen) atoms. The van der Waals surface area contributed by atoms with Gasteiger partial charge in [-0.25, -0.2) is 8.42 Å². The summed E-state index contributed by atoms with van der Waals surface area (Å²) >= 11 is 0. The van der Waals surface area contributed by atoms with Gasteiger partial charge in [0.1, 0.15) is 12.4 Å². The minimum atomic E-state index is -3.23. The highest BCUT2D eigenvalue weighted by Gasteiger charge is 2.08. The average Bonchev–Trinajstić information content (AvgIpc) is 2.45. The molecule has 0 unspecified atom stereocenters. The summed E-state index contributed by atoms with van der Waals surface area (Å²) in [6.07, 6.45) is 1.18. The molecule has 0 saturated heterocycles. The largest absolute Gasteiger partial charge is 0.487 e. The predicted molar refractivity (Wildman–Crippen MR) is 80.9 cm³/mol. The molecule has 0 aliphatic heterocycles. The Morgan fingerprint density at radius 3 is 2.57 bits per heavy atom. The zero-order valence-electron chi connectivity index (χ0n) is 12.0. The molecule has 0 aliphatic rings. The SMILES string of the molecule is CNCc1cccc(COc2cccc(S(C)(=O)=O)c2)n1. The maximum atomic E-state index is 11.5. The van der Waals surface area contributed by atoms with Crippen LogP contribution in [0.4, 0.5) is 0 Å². The molecular weight excluding hydrogens is 288 g/mol. The second kappa shape index (κ2) is 6.69. The Kier molecular flexibility index (Phi) is 4.93. The van der Waals surface area contributed by atoms with E-state index in [4.69, 9.17) is 4.74 Å². The number of hydrogen-bond donors (Lipinski definition) is 1. The van der Waals surface area contributed by atoms with E-state index in [-0.39, 0.29) is 4.90 Å². The fraction of sp³-hybridized carbons (Fsp3) is 0.267. The molecular formula is C15H18N2O3S. The van der Waals surface area contributed by atoms with Crippen LogP contribution in [0.2, 0.25) is 0 Å². The van der Waals surface area contributed by atoms with Gasteiger partial charge in [-0.3, -0.25) is 4.98 Å². The van der Waals surface area contributed by atoms with Crippen LogP contribution < -0.4 is 10.1 Å². The molecule has 0 spiro atoms. The van der Waals surface area contributed by atoms with Crippen LogP contribution in [0.3, 0.4) is 0 Å². The lowest BCUT2D eigenvalue weighted by molar-refractivity contribution is 0.300. The maximum absolute atomic E-state index is 11.5. The van der Waals surface area contributed by atoms with Crippen LogP contribution in [0.5, 0.6) is 5.75 Å². The number of nitrogens with zero attached hydrogens (tertiary/aromatic N) is 1. The first-order valence-electron chi connectivity index (χ1n) is 6.51.